The molecular weight excluding hydrogens is 465 g/mol. The number of aliphatic hydroxyl groups is 1. The van der Waals surface area contributed by atoms with Crippen LogP contribution >= 0.6 is 11.6 Å². The normalized spacial score (nSPS) is 20.0. The fourth-order valence-corrected chi connectivity index (χ4v) is 4.94. The van der Waals surface area contributed by atoms with Crippen LogP contribution in [-0.4, -0.2) is 60.8 Å². The van der Waals surface area contributed by atoms with Crippen molar-refractivity contribution in [2.75, 3.05) is 31.7 Å². The lowest BCUT2D eigenvalue weighted by molar-refractivity contribution is -0.144. The molecule has 0 bridgehead atoms. The molecule has 1 unspecified atom stereocenters. The Morgan fingerprint density at radius 1 is 1.24 bits per heavy atom. The number of esters is 1. The summed E-state index contributed by atoms with van der Waals surface area (Å²) in [4.78, 5) is 40.9. The molecule has 0 radical (unpaired) electrons. The van der Waals surface area contributed by atoms with Crippen LogP contribution < -0.4 is 10.2 Å². The van der Waals surface area contributed by atoms with Crippen molar-refractivity contribution in [1.82, 2.24) is 10.2 Å². The summed E-state index contributed by atoms with van der Waals surface area (Å²) in [6.07, 6.45) is 0.779. The molecule has 1 spiro atoms. The molecule has 0 aromatic heterocycles. The van der Waals surface area contributed by atoms with Gasteiger partial charge in [-0.25, -0.2) is 14.0 Å². The first kappa shape index (κ1) is 24.0. The van der Waals surface area contributed by atoms with Gasteiger partial charge in [-0.15, -0.1) is 0 Å². The summed E-state index contributed by atoms with van der Waals surface area (Å²) in [5.41, 5.74) is 0.590. The Kier molecular flexibility index (Phi) is 6.77. The third-order valence-corrected chi connectivity index (χ3v) is 6.86. The topological polar surface area (TPSA) is 99.2 Å². The lowest BCUT2D eigenvalue weighted by atomic mass is 9.62. The number of halogens is 2. The van der Waals surface area contributed by atoms with Crippen molar-refractivity contribution in [2.45, 2.75) is 24.9 Å². The number of hydrogen-bond donors (Lipinski definition) is 2. The van der Waals surface area contributed by atoms with Crippen LogP contribution in [0.3, 0.4) is 0 Å². The zero-order valence-corrected chi connectivity index (χ0v) is 19.3. The van der Waals surface area contributed by atoms with E-state index in [1.807, 2.05) is 12.1 Å². The number of hydrogen-bond acceptors (Lipinski definition) is 5. The second-order valence-electron chi connectivity index (χ2n) is 8.46. The quantitative estimate of drug-likeness (QED) is 0.497. The Morgan fingerprint density at radius 2 is 1.91 bits per heavy atom. The molecule has 8 nitrogen and oxygen atoms in total. The summed E-state index contributed by atoms with van der Waals surface area (Å²) >= 11 is 6.07. The first-order valence-corrected chi connectivity index (χ1v) is 11.3. The Morgan fingerprint density at radius 3 is 2.50 bits per heavy atom. The number of urea groups is 1. The highest BCUT2D eigenvalue weighted by atomic mass is 35.5. The van der Waals surface area contributed by atoms with Crippen molar-refractivity contribution in [2.24, 2.45) is 5.41 Å². The van der Waals surface area contributed by atoms with Crippen LogP contribution in [0.25, 0.3) is 0 Å². The van der Waals surface area contributed by atoms with E-state index in [1.165, 1.54) is 24.1 Å². The van der Waals surface area contributed by atoms with Gasteiger partial charge in [-0.05, 0) is 48.7 Å². The Balaban J connectivity index is 1.55. The predicted molar refractivity (Wildman–Crippen MR) is 123 cm³/mol. The van der Waals surface area contributed by atoms with Gasteiger partial charge in [-0.3, -0.25) is 4.79 Å². The second kappa shape index (κ2) is 9.60. The maximum absolute atomic E-state index is 13.9. The zero-order valence-electron chi connectivity index (χ0n) is 18.5. The second-order valence-corrected chi connectivity index (χ2v) is 8.90. The average molecular weight is 490 g/mol. The minimum absolute atomic E-state index is 0.124. The molecule has 3 amide bonds. The van der Waals surface area contributed by atoms with Crippen LogP contribution in [0.1, 0.15) is 24.4 Å². The molecule has 2 N–H and O–H groups in total. The average Bonchev–Trinajstić information content (AvgIpc) is 2.85. The highest BCUT2D eigenvalue weighted by molar-refractivity contribution is 6.30. The highest BCUT2D eigenvalue weighted by Gasteiger charge is 2.62. The Bertz CT molecular complexity index is 1090. The van der Waals surface area contributed by atoms with E-state index in [9.17, 15) is 23.9 Å². The van der Waals surface area contributed by atoms with Gasteiger partial charge in [0.25, 0.3) is 0 Å². The van der Waals surface area contributed by atoms with E-state index in [0.717, 1.165) is 5.56 Å². The van der Waals surface area contributed by atoms with Gasteiger partial charge in [-0.2, -0.15) is 0 Å². The number of nitrogens with one attached hydrogen (secondary N) is 1. The maximum Gasteiger partial charge on any atom is 0.330 e. The number of methoxy groups -OCH3 is 1. The molecule has 2 aromatic carbocycles. The zero-order chi connectivity index (χ0) is 24.5. The van der Waals surface area contributed by atoms with Crippen LogP contribution in [0.4, 0.5) is 14.9 Å². The molecule has 4 rings (SSSR count). The van der Waals surface area contributed by atoms with Gasteiger partial charge in [0.15, 0.2) is 6.04 Å². The van der Waals surface area contributed by atoms with E-state index in [1.54, 1.807) is 29.2 Å². The summed E-state index contributed by atoms with van der Waals surface area (Å²) in [5.74, 6) is -1.30. The van der Waals surface area contributed by atoms with Gasteiger partial charge in [0.1, 0.15) is 5.82 Å². The number of piperidine rings is 1. The third-order valence-electron chi connectivity index (χ3n) is 6.61. The van der Waals surface area contributed by atoms with Crippen molar-refractivity contribution in [3.8, 4) is 0 Å². The number of β-lactam (4-membered cyclic amide) rings is 1. The largest absolute Gasteiger partial charge is 0.467 e. The number of amides is 3. The van der Waals surface area contributed by atoms with Crippen molar-refractivity contribution < 1.29 is 28.6 Å². The van der Waals surface area contributed by atoms with Crippen molar-refractivity contribution in [3.05, 3.63) is 64.9 Å². The van der Waals surface area contributed by atoms with Crippen molar-refractivity contribution in [1.29, 1.82) is 0 Å². The first-order valence-electron chi connectivity index (χ1n) is 10.9. The molecule has 180 valence electrons. The molecule has 2 fully saturated rings. The number of anilines is 1. The molecule has 34 heavy (non-hydrogen) atoms. The van der Waals surface area contributed by atoms with E-state index in [-0.39, 0.29) is 25.0 Å². The lowest BCUT2D eigenvalue weighted by Crippen LogP contribution is -2.67. The van der Waals surface area contributed by atoms with Crippen LogP contribution in [0.15, 0.2) is 48.5 Å². The van der Waals surface area contributed by atoms with E-state index < -0.39 is 35.9 Å². The number of carbonyl (C=O) groups excluding carboxylic acids is 3. The molecular formula is C24H25ClFN3O5. The molecule has 2 saturated heterocycles. The van der Waals surface area contributed by atoms with E-state index >= 15 is 0 Å². The number of carbonyl (C=O) groups is 3. The summed E-state index contributed by atoms with van der Waals surface area (Å²) < 4.78 is 18.5. The van der Waals surface area contributed by atoms with Crippen molar-refractivity contribution in [3.63, 3.8) is 0 Å². The van der Waals surface area contributed by atoms with Gasteiger partial charge >= 0.3 is 12.0 Å². The SMILES string of the molecule is COC(=O)[C@H](CO)NC(=O)N1CCC2(CC1)C(=O)N(c1cccc(F)c1)C2c1ccc(Cl)cc1. The Labute approximate surface area is 201 Å². The van der Waals surface area contributed by atoms with Crippen LogP contribution in [0.2, 0.25) is 5.02 Å². The van der Waals surface area contributed by atoms with Crippen LogP contribution in [0, 0.1) is 11.2 Å². The van der Waals surface area contributed by atoms with E-state index in [0.29, 0.717) is 23.6 Å². The molecule has 10 heteroatoms. The first-order chi connectivity index (χ1) is 16.3. The van der Waals surface area contributed by atoms with Gasteiger partial charge in [0, 0.05) is 23.8 Å². The van der Waals surface area contributed by atoms with Gasteiger partial charge in [0.05, 0.1) is 25.2 Å². The van der Waals surface area contributed by atoms with Crippen LogP contribution in [-0.2, 0) is 14.3 Å². The summed E-state index contributed by atoms with van der Waals surface area (Å²) in [7, 11) is 1.17. The third kappa shape index (κ3) is 4.21. The Hall–Kier alpha value is -3.17. The molecule has 2 aliphatic heterocycles. The monoisotopic (exact) mass is 489 g/mol. The number of ether oxygens (including phenoxy) is 1. The van der Waals surface area contributed by atoms with Gasteiger partial charge in [0.2, 0.25) is 5.91 Å². The number of nitrogens with zero attached hydrogens (tertiary/aromatic N) is 2. The minimum atomic E-state index is -1.16. The number of likely N-dealkylation sites (tertiary alicyclic amines) is 1. The van der Waals surface area contributed by atoms with E-state index in [4.69, 9.17) is 11.6 Å². The molecule has 0 aliphatic carbocycles. The number of benzene rings is 2. The molecule has 2 aliphatic rings. The maximum atomic E-state index is 13.9. The molecule has 2 aromatic rings. The summed E-state index contributed by atoms with van der Waals surface area (Å²) in [6.45, 7) is -0.0359. The number of rotatable bonds is 5. The predicted octanol–water partition coefficient (Wildman–Crippen LogP) is 2.89. The van der Waals surface area contributed by atoms with Crippen LogP contribution in [0.5, 0.6) is 0 Å². The summed E-state index contributed by atoms with van der Waals surface area (Å²) in [6, 6.07) is 11.1. The van der Waals surface area contributed by atoms with Gasteiger partial charge < -0.3 is 25.0 Å². The smallest absolute Gasteiger partial charge is 0.330 e. The van der Waals surface area contributed by atoms with Gasteiger partial charge in [-0.1, -0.05) is 29.8 Å². The lowest BCUT2D eigenvalue weighted by Gasteiger charge is -2.59. The fourth-order valence-electron chi connectivity index (χ4n) is 4.82. The minimum Gasteiger partial charge on any atom is -0.467 e. The van der Waals surface area contributed by atoms with Crippen molar-refractivity contribution >= 4 is 35.2 Å². The fraction of sp³-hybridized carbons (Fsp3) is 0.375. The molecule has 2 atom stereocenters. The molecule has 2 heterocycles. The molecule has 0 saturated carbocycles. The highest BCUT2D eigenvalue weighted by Crippen LogP contribution is 2.57. The standard InChI is InChI=1S/C24H25ClFN3O5/c1-34-21(31)19(14-30)27-23(33)28-11-9-24(10-12-28)20(15-5-7-16(25)8-6-15)29(22(24)32)18-4-2-3-17(26)13-18/h2-8,13,19-20,30H,9-12,14H2,1H3,(H,27,33)/t19-,20?/m0/s1. The summed E-state index contributed by atoms with van der Waals surface area (Å²) in [5, 5.41) is 12.4. The number of aliphatic hydroxyl groups excluding tert-OH is 1. The van der Waals surface area contributed by atoms with E-state index in [2.05, 4.69) is 10.1 Å².